The van der Waals surface area contributed by atoms with Crippen LogP contribution in [0.25, 0.3) is 0 Å². The molecule has 2 fully saturated rings. The van der Waals surface area contributed by atoms with Crippen LogP contribution in [0.15, 0.2) is 67.0 Å². The van der Waals surface area contributed by atoms with E-state index in [-0.39, 0.29) is 11.8 Å². The van der Waals surface area contributed by atoms with Crippen LogP contribution < -0.4 is 15.0 Å². The standard InChI is InChI=1S/C29H34N6O3/c1-22-5-4-14-33(20-22)21-23-7-9-24(10-8-23)28(36)32-25-11-12-27(31-19-25)38-29(37)35-17-15-34(16-18-35)26-6-2-3-13-30-26/h2-3,6-13,19,22H,4-5,14-18,20-21H2,1H3,(H,32,36). The fraction of sp³-hybridized carbons (Fsp3) is 0.379. The van der Waals surface area contributed by atoms with Crippen molar-refractivity contribution in [2.75, 3.05) is 49.5 Å². The zero-order valence-corrected chi connectivity index (χ0v) is 21.8. The van der Waals surface area contributed by atoms with Gasteiger partial charge in [0, 0.05) is 57.1 Å². The number of ether oxygens (including phenoxy) is 1. The number of carbonyl (C=O) groups is 2. The molecule has 0 saturated carbocycles. The van der Waals surface area contributed by atoms with Crippen LogP contribution >= 0.6 is 0 Å². The molecule has 4 heterocycles. The molecule has 198 valence electrons. The number of hydrogen-bond acceptors (Lipinski definition) is 7. The smallest absolute Gasteiger partial charge is 0.391 e. The number of aromatic nitrogens is 2. The number of rotatable bonds is 6. The lowest BCUT2D eigenvalue weighted by atomic mass is 9.99. The minimum Gasteiger partial charge on any atom is -0.391 e. The second-order valence-electron chi connectivity index (χ2n) is 10.0. The number of nitrogens with one attached hydrogen (secondary N) is 1. The molecule has 2 amide bonds. The zero-order valence-electron chi connectivity index (χ0n) is 21.8. The first kappa shape index (κ1) is 25.7. The van der Waals surface area contributed by atoms with Gasteiger partial charge in [-0.3, -0.25) is 9.69 Å². The molecule has 0 radical (unpaired) electrons. The van der Waals surface area contributed by atoms with Crippen molar-refractivity contribution in [3.63, 3.8) is 0 Å². The van der Waals surface area contributed by atoms with E-state index in [4.69, 9.17) is 4.74 Å². The van der Waals surface area contributed by atoms with E-state index in [1.54, 1.807) is 23.2 Å². The summed E-state index contributed by atoms with van der Waals surface area (Å²) in [6, 6.07) is 16.8. The van der Waals surface area contributed by atoms with Gasteiger partial charge in [0.05, 0.1) is 11.9 Å². The largest absolute Gasteiger partial charge is 0.416 e. The van der Waals surface area contributed by atoms with Crippen molar-refractivity contribution in [1.82, 2.24) is 19.8 Å². The molecule has 2 saturated heterocycles. The highest BCUT2D eigenvalue weighted by atomic mass is 16.6. The van der Waals surface area contributed by atoms with Crippen molar-refractivity contribution in [1.29, 1.82) is 0 Å². The van der Waals surface area contributed by atoms with E-state index in [1.807, 2.05) is 42.5 Å². The van der Waals surface area contributed by atoms with Crippen molar-refractivity contribution in [3.8, 4) is 5.88 Å². The molecule has 1 N–H and O–H groups in total. The summed E-state index contributed by atoms with van der Waals surface area (Å²) in [4.78, 5) is 40.1. The van der Waals surface area contributed by atoms with Crippen LogP contribution in [-0.4, -0.2) is 71.0 Å². The van der Waals surface area contributed by atoms with Crippen molar-refractivity contribution >= 4 is 23.5 Å². The van der Waals surface area contributed by atoms with E-state index in [2.05, 4.69) is 32.0 Å². The Morgan fingerprint density at radius 1 is 0.974 bits per heavy atom. The summed E-state index contributed by atoms with van der Waals surface area (Å²) in [6.45, 7) is 7.93. The van der Waals surface area contributed by atoms with E-state index >= 15 is 0 Å². The number of anilines is 2. The zero-order chi connectivity index (χ0) is 26.3. The molecule has 0 aliphatic carbocycles. The maximum atomic E-state index is 12.7. The van der Waals surface area contributed by atoms with Gasteiger partial charge in [-0.25, -0.2) is 14.8 Å². The summed E-state index contributed by atoms with van der Waals surface area (Å²) in [6.07, 6.45) is 5.37. The molecule has 0 spiro atoms. The van der Waals surface area contributed by atoms with Gasteiger partial charge < -0.3 is 19.9 Å². The van der Waals surface area contributed by atoms with E-state index < -0.39 is 6.09 Å². The van der Waals surface area contributed by atoms with Crippen LogP contribution in [0.3, 0.4) is 0 Å². The number of likely N-dealkylation sites (tertiary alicyclic amines) is 1. The predicted molar refractivity (Wildman–Crippen MR) is 146 cm³/mol. The van der Waals surface area contributed by atoms with Gasteiger partial charge in [-0.1, -0.05) is 25.1 Å². The van der Waals surface area contributed by atoms with Gasteiger partial charge in [0.15, 0.2) is 0 Å². The second-order valence-corrected chi connectivity index (χ2v) is 10.0. The fourth-order valence-corrected chi connectivity index (χ4v) is 4.98. The van der Waals surface area contributed by atoms with Gasteiger partial charge in [-0.15, -0.1) is 0 Å². The van der Waals surface area contributed by atoms with Gasteiger partial charge >= 0.3 is 6.09 Å². The number of piperazine rings is 1. The molecule has 1 unspecified atom stereocenters. The molecule has 2 aliphatic rings. The molecule has 1 aromatic carbocycles. The van der Waals surface area contributed by atoms with Crippen molar-refractivity contribution in [3.05, 3.63) is 78.1 Å². The Hall–Kier alpha value is -3.98. The highest BCUT2D eigenvalue weighted by Gasteiger charge is 2.23. The predicted octanol–water partition coefficient (Wildman–Crippen LogP) is 4.28. The van der Waals surface area contributed by atoms with Crippen LogP contribution in [0.2, 0.25) is 0 Å². The molecule has 2 aromatic heterocycles. The minimum atomic E-state index is -0.436. The first-order chi connectivity index (χ1) is 18.5. The van der Waals surface area contributed by atoms with Crippen LogP contribution in [0.4, 0.5) is 16.3 Å². The molecule has 0 bridgehead atoms. The van der Waals surface area contributed by atoms with E-state index in [9.17, 15) is 9.59 Å². The van der Waals surface area contributed by atoms with Gasteiger partial charge in [-0.05, 0) is 61.2 Å². The van der Waals surface area contributed by atoms with Crippen LogP contribution in [-0.2, 0) is 6.54 Å². The normalized spacial score (nSPS) is 18.2. The molecule has 9 heteroatoms. The Balaban J connectivity index is 1.08. The van der Waals surface area contributed by atoms with Crippen molar-refractivity contribution < 1.29 is 14.3 Å². The number of amides is 2. The van der Waals surface area contributed by atoms with Gasteiger partial charge in [0.2, 0.25) is 5.88 Å². The topological polar surface area (TPSA) is 90.9 Å². The number of pyridine rings is 2. The summed E-state index contributed by atoms with van der Waals surface area (Å²) >= 11 is 0. The first-order valence-corrected chi connectivity index (χ1v) is 13.2. The number of benzene rings is 1. The summed E-state index contributed by atoms with van der Waals surface area (Å²) in [5, 5.41) is 2.85. The molecular formula is C29H34N6O3. The summed E-state index contributed by atoms with van der Waals surface area (Å²) in [5.41, 5.74) is 2.33. The molecule has 2 aliphatic heterocycles. The number of piperidine rings is 1. The number of carbonyl (C=O) groups excluding carboxylic acids is 2. The third kappa shape index (κ3) is 6.66. The monoisotopic (exact) mass is 514 g/mol. The highest BCUT2D eigenvalue weighted by molar-refractivity contribution is 6.04. The lowest BCUT2D eigenvalue weighted by molar-refractivity contribution is 0.102. The molecule has 9 nitrogen and oxygen atoms in total. The van der Waals surface area contributed by atoms with Crippen molar-refractivity contribution in [2.24, 2.45) is 5.92 Å². The van der Waals surface area contributed by atoms with Crippen LogP contribution in [0.1, 0.15) is 35.7 Å². The second kappa shape index (κ2) is 12.0. The number of hydrogen-bond donors (Lipinski definition) is 1. The van der Waals surface area contributed by atoms with Gasteiger partial charge in [-0.2, -0.15) is 0 Å². The highest BCUT2D eigenvalue weighted by Crippen LogP contribution is 2.19. The Morgan fingerprint density at radius 3 is 2.47 bits per heavy atom. The maximum absolute atomic E-state index is 12.7. The lowest BCUT2D eigenvalue weighted by Crippen LogP contribution is -2.49. The Kier molecular flexibility index (Phi) is 8.13. The molecule has 3 aromatic rings. The SMILES string of the molecule is CC1CCCN(Cc2ccc(C(=O)Nc3ccc(OC(=O)N4CCN(c5ccccn5)CC4)nc3)cc2)C1. The molecule has 38 heavy (non-hydrogen) atoms. The quantitative estimate of drug-likeness (QED) is 0.525. The molecule has 5 rings (SSSR count). The van der Waals surface area contributed by atoms with Crippen LogP contribution in [0.5, 0.6) is 5.88 Å². The van der Waals surface area contributed by atoms with Gasteiger partial charge in [0.1, 0.15) is 5.82 Å². The minimum absolute atomic E-state index is 0.191. The third-order valence-corrected chi connectivity index (χ3v) is 7.06. The van der Waals surface area contributed by atoms with E-state index in [0.717, 1.165) is 31.4 Å². The van der Waals surface area contributed by atoms with E-state index in [1.165, 1.54) is 24.6 Å². The first-order valence-electron chi connectivity index (χ1n) is 13.2. The fourth-order valence-electron chi connectivity index (χ4n) is 4.98. The van der Waals surface area contributed by atoms with Gasteiger partial charge in [0.25, 0.3) is 5.91 Å². The summed E-state index contributed by atoms with van der Waals surface area (Å²) in [5.74, 6) is 1.63. The van der Waals surface area contributed by atoms with Crippen molar-refractivity contribution in [2.45, 2.75) is 26.3 Å². The molecule has 1 atom stereocenters. The maximum Gasteiger partial charge on any atom is 0.416 e. The summed E-state index contributed by atoms with van der Waals surface area (Å²) < 4.78 is 5.45. The average Bonchev–Trinajstić information content (AvgIpc) is 2.95. The Morgan fingerprint density at radius 2 is 1.79 bits per heavy atom. The Labute approximate surface area is 223 Å². The summed E-state index contributed by atoms with van der Waals surface area (Å²) in [7, 11) is 0. The van der Waals surface area contributed by atoms with Crippen LogP contribution in [0, 0.1) is 5.92 Å². The van der Waals surface area contributed by atoms with E-state index in [0.29, 0.717) is 37.4 Å². The Bertz CT molecular complexity index is 1210. The number of nitrogens with zero attached hydrogens (tertiary/aromatic N) is 5. The third-order valence-electron chi connectivity index (χ3n) is 7.06. The average molecular weight is 515 g/mol. The lowest BCUT2D eigenvalue weighted by Gasteiger charge is -2.34. The molecular weight excluding hydrogens is 480 g/mol.